The van der Waals surface area contributed by atoms with Crippen molar-refractivity contribution in [3.63, 3.8) is 0 Å². The molecule has 120 valence electrons. The number of hydrogen-bond acceptors (Lipinski definition) is 4. The summed E-state index contributed by atoms with van der Waals surface area (Å²) in [4.78, 5) is 3.36. The molecule has 3 rings (SSSR count). The van der Waals surface area contributed by atoms with Crippen LogP contribution < -0.4 is 10.0 Å². The van der Waals surface area contributed by atoms with Gasteiger partial charge < -0.3 is 10.7 Å². The molecule has 0 unspecified atom stereocenters. The van der Waals surface area contributed by atoms with Gasteiger partial charge in [-0.3, -0.25) is 4.31 Å². The summed E-state index contributed by atoms with van der Waals surface area (Å²) in [6.07, 6.45) is 0. The molecule has 0 saturated heterocycles. The van der Waals surface area contributed by atoms with Crippen molar-refractivity contribution >= 4 is 55.2 Å². The number of nitrogens with two attached hydrogens (primary N) is 1. The van der Waals surface area contributed by atoms with Gasteiger partial charge >= 0.3 is 0 Å². The number of thiocarbonyl (C=S) groups is 1. The van der Waals surface area contributed by atoms with Crippen LogP contribution in [-0.2, 0) is 10.0 Å². The molecule has 8 heteroatoms. The van der Waals surface area contributed by atoms with Gasteiger partial charge in [0.15, 0.2) is 0 Å². The van der Waals surface area contributed by atoms with Crippen molar-refractivity contribution in [3.05, 3.63) is 47.0 Å². The quantitative estimate of drug-likeness (QED) is 0.697. The number of nitrogens with zero attached hydrogens (tertiary/aromatic N) is 1. The van der Waals surface area contributed by atoms with Gasteiger partial charge in [-0.2, -0.15) is 0 Å². The second-order valence-electron chi connectivity index (χ2n) is 5.20. The van der Waals surface area contributed by atoms with Crippen LogP contribution in [0.5, 0.6) is 0 Å². The molecule has 3 aromatic rings. The highest BCUT2D eigenvalue weighted by Crippen LogP contribution is 2.32. The van der Waals surface area contributed by atoms with Crippen molar-refractivity contribution in [3.8, 4) is 0 Å². The van der Waals surface area contributed by atoms with E-state index in [0.29, 0.717) is 21.1 Å². The van der Waals surface area contributed by atoms with Gasteiger partial charge in [0.05, 0.1) is 16.9 Å². The number of thiophene rings is 1. The number of H-pyrrole nitrogens is 1. The Morgan fingerprint density at radius 2 is 2.09 bits per heavy atom. The Kier molecular flexibility index (Phi) is 3.91. The first kappa shape index (κ1) is 16.0. The number of aromatic nitrogens is 1. The summed E-state index contributed by atoms with van der Waals surface area (Å²) in [7, 11) is -2.05. The van der Waals surface area contributed by atoms with E-state index in [4.69, 9.17) is 18.0 Å². The van der Waals surface area contributed by atoms with Gasteiger partial charge in [-0.15, -0.1) is 11.3 Å². The average molecular weight is 366 g/mol. The van der Waals surface area contributed by atoms with Gasteiger partial charge in [-0.05, 0) is 42.1 Å². The van der Waals surface area contributed by atoms with Gasteiger partial charge in [-0.25, -0.2) is 8.42 Å². The zero-order chi connectivity index (χ0) is 16.8. The number of aryl methyl sites for hydroxylation is 1. The van der Waals surface area contributed by atoms with Crippen molar-refractivity contribution in [1.29, 1.82) is 0 Å². The molecule has 0 fully saturated rings. The molecular weight excluding hydrogens is 350 g/mol. The molecule has 1 aromatic carbocycles. The lowest BCUT2D eigenvalue weighted by Crippen LogP contribution is -2.26. The second-order valence-corrected chi connectivity index (χ2v) is 8.78. The second kappa shape index (κ2) is 5.63. The summed E-state index contributed by atoms with van der Waals surface area (Å²) in [5.74, 6) is 0. The minimum absolute atomic E-state index is 0.244. The van der Waals surface area contributed by atoms with Crippen molar-refractivity contribution in [2.45, 2.75) is 11.1 Å². The third-order valence-corrected chi connectivity index (χ3v) is 6.93. The molecule has 0 spiro atoms. The lowest BCUT2D eigenvalue weighted by atomic mass is 10.1. The molecule has 0 atom stereocenters. The monoisotopic (exact) mass is 365 g/mol. The van der Waals surface area contributed by atoms with Crippen molar-refractivity contribution in [2.75, 3.05) is 11.4 Å². The number of rotatable bonds is 4. The molecule has 0 bridgehead atoms. The molecule has 2 aromatic heterocycles. The van der Waals surface area contributed by atoms with Crippen LogP contribution in [0.15, 0.2) is 39.9 Å². The largest absolute Gasteiger partial charge is 0.388 e. The van der Waals surface area contributed by atoms with E-state index in [-0.39, 0.29) is 4.99 Å². The van der Waals surface area contributed by atoms with E-state index < -0.39 is 10.0 Å². The first-order chi connectivity index (χ1) is 10.8. The van der Waals surface area contributed by atoms with Crippen molar-refractivity contribution in [2.24, 2.45) is 5.73 Å². The lowest BCUT2D eigenvalue weighted by molar-refractivity contribution is 0.596. The van der Waals surface area contributed by atoms with Gasteiger partial charge in [0.1, 0.15) is 9.20 Å². The number of benzene rings is 1. The zero-order valence-electron chi connectivity index (χ0n) is 12.5. The highest BCUT2D eigenvalue weighted by molar-refractivity contribution is 7.94. The topological polar surface area (TPSA) is 79.2 Å². The predicted molar refractivity (Wildman–Crippen MR) is 98.8 cm³/mol. The van der Waals surface area contributed by atoms with E-state index in [9.17, 15) is 8.42 Å². The minimum Gasteiger partial charge on any atom is -0.388 e. The number of nitrogens with one attached hydrogen (secondary N) is 1. The molecule has 3 N–H and O–H groups in total. The van der Waals surface area contributed by atoms with Crippen LogP contribution in [0.2, 0.25) is 0 Å². The standard InChI is InChI=1S/C15H15N3O2S3/c1-9-6-10-8-11(15(16)21)17-14(10)12(7-9)18(2)23(19,20)13-4-3-5-22-13/h3-8,17H,1-2H3,(H2,16,21). The van der Waals surface area contributed by atoms with Crippen molar-refractivity contribution < 1.29 is 8.42 Å². The van der Waals surface area contributed by atoms with E-state index in [1.165, 1.54) is 15.6 Å². The Balaban J connectivity index is 2.21. The molecule has 2 heterocycles. The molecule has 5 nitrogen and oxygen atoms in total. The summed E-state index contributed by atoms with van der Waals surface area (Å²) >= 11 is 6.19. The number of anilines is 1. The van der Waals surface area contributed by atoms with E-state index in [0.717, 1.165) is 10.9 Å². The molecule has 0 aliphatic heterocycles. The van der Waals surface area contributed by atoms with Crippen LogP contribution in [0.3, 0.4) is 0 Å². The van der Waals surface area contributed by atoms with Crippen LogP contribution in [0.25, 0.3) is 10.9 Å². The van der Waals surface area contributed by atoms with Gasteiger partial charge in [-0.1, -0.05) is 18.3 Å². The summed E-state index contributed by atoms with van der Waals surface area (Å²) in [6, 6.07) is 8.94. The molecule has 0 radical (unpaired) electrons. The summed E-state index contributed by atoms with van der Waals surface area (Å²) < 4.78 is 27.1. The minimum atomic E-state index is -3.60. The summed E-state index contributed by atoms with van der Waals surface area (Å²) in [6.45, 7) is 1.92. The van der Waals surface area contributed by atoms with Crippen LogP contribution in [-0.4, -0.2) is 25.4 Å². The van der Waals surface area contributed by atoms with Gasteiger partial charge in [0, 0.05) is 12.4 Å². The molecule has 0 saturated carbocycles. The molecule has 23 heavy (non-hydrogen) atoms. The fraction of sp³-hybridized carbons (Fsp3) is 0.133. The fourth-order valence-electron chi connectivity index (χ4n) is 2.43. The molecule has 0 aliphatic carbocycles. The third kappa shape index (κ3) is 2.73. The summed E-state index contributed by atoms with van der Waals surface area (Å²) in [5, 5.41) is 2.61. The van der Waals surface area contributed by atoms with Crippen LogP contribution in [0.1, 0.15) is 11.3 Å². The van der Waals surface area contributed by atoms with Gasteiger partial charge in [0.2, 0.25) is 0 Å². The fourth-order valence-corrected chi connectivity index (χ4v) is 4.90. The van der Waals surface area contributed by atoms with Crippen LogP contribution in [0, 0.1) is 6.92 Å². The highest BCUT2D eigenvalue weighted by atomic mass is 32.2. The number of aromatic amines is 1. The highest BCUT2D eigenvalue weighted by Gasteiger charge is 2.24. The Hall–Kier alpha value is -1.90. The lowest BCUT2D eigenvalue weighted by Gasteiger charge is -2.20. The van der Waals surface area contributed by atoms with E-state index in [2.05, 4.69) is 4.98 Å². The first-order valence-electron chi connectivity index (χ1n) is 6.76. The molecule has 0 aliphatic rings. The molecule has 0 amide bonds. The normalized spacial score (nSPS) is 11.7. The number of hydrogen-bond donors (Lipinski definition) is 2. The Labute approximate surface area is 143 Å². The Bertz CT molecular complexity index is 989. The van der Waals surface area contributed by atoms with Crippen molar-refractivity contribution in [1.82, 2.24) is 4.98 Å². The first-order valence-corrected chi connectivity index (χ1v) is 9.49. The number of sulfonamides is 1. The van der Waals surface area contributed by atoms with Crippen LogP contribution >= 0.6 is 23.6 Å². The Morgan fingerprint density at radius 1 is 1.35 bits per heavy atom. The van der Waals surface area contributed by atoms with E-state index in [1.807, 2.05) is 25.1 Å². The zero-order valence-corrected chi connectivity index (χ0v) is 15.0. The SMILES string of the molecule is Cc1cc(N(C)S(=O)(=O)c2cccs2)c2[nH]c(C(N)=S)cc2c1. The summed E-state index contributed by atoms with van der Waals surface area (Å²) in [5.41, 5.74) is 8.50. The third-order valence-electron chi connectivity index (χ3n) is 3.57. The average Bonchev–Trinajstić information content (AvgIpc) is 3.14. The van der Waals surface area contributed by atoms with E-state index >= 15 is 0 Å². The maximum atomic E-state index is 12.8. The molecular formula is C15H15N3O2S3. The van der Waals surface area contributed by atoms with E-state index in [1.54, 1.807) is 24.6 Å². The van der Waals surface area contributed by atoms with Crippen LogP contribution in [0.4, 0.5) is 5.69 Å². The number of fused-ring (bicyclic) bond motifs is 1. The maximum Gasteiger partial charge on any atom is 0.273 e. The van der Waals surface area contributed by atoms with Gasteiger partial charge in [0.25, 0.3) is 10.0 Å². The predicted octanol–water partition coefficient (Wildman–Crippen LogP) is 3.00. The smallest absolute Gasteiger partial charge is 0.273 e. The maximum absolute atomic E-state index is 12.8. The Morgan fingerprint density at radius 3 is 2.70 bits per heavy atom.